The number of amides is 1. The van der Waals surface area contributed by atoms with Gasteiger partial charge in [-0.15, -0.1) is 0 Å². The maximum absolute atomic E-state index is 11.7. The summed E-state index contributed by atoms with van der Waals surface area (Å²) in [6.45, 7) is 2.62. The molecule has 0 aliphatic rings. The molecule has 0 radical (unpaired) electrons. The van der Waals surface area contributed by atoms with Crippen LogP contribution in [0.25, 0.3) is 0 Å². The summed E-state index contributed by atoms with van der Waals surface area (Å²) < 4.78 is 0. The lowest BCUT2D eigenvalue weighted by atomic mass is 10.1. The molecular weight excluding hydrogens is 244 g/mol. The summed E-state index contributed by atoms with van der Waals surface area (Å²) in [5.41, 5.74) is 17.4. The van der Waals surface area contributed by atoms with E-state index in [0.29, 0.717) is 18.7 Å². The minimum Gasteiger partial charge on any atom is -0.370 e. The first-order valence-electron chi connectivity index (χ1n) is 5.73. The number of hydrogen-bond acceptors (Lipinski definition) is 2. The molecule has 0 saturated carbocycles. The van der Waals surface area contributed by atoms with Crippen LogP contribution in [0.3, 0.4) is 0 Å². The van der Waals surface area contributed by atoms with Crippen LogP contribution >= 0.6 is 0 Å². The maximum atomic E-state index is 11.7. The van der Waals surface area contributed by atoms with Crippen molar-refractivity contribution in [3.05, 3.63) is 35.4 Å². The number of guanidine groups is 2. The smallest absolute Gasteiger partial charge is 0.251 e. The molecule has 1 amide bonds. The topological polar surface area (TPSA) is 132 Å². The van der Waals surface area contributed by atoms with Crippen molar-refractivity contribution in [2.75, 3.05) is 13.1 Å². The van der Waals surface area contributed by atoms with E-state index in [1.54, 1.807) is 12.1 Å². The zero-order chi connectivity index (χ0) is 14.3. The third-order valence-corrected chi connectivity index (χ3v) is 2.23. The van der Waals surface area contributed by atoms with E-state index in [0.717, 1.165) is 5.56 Å². The van der Waals surface area contributed by atoms with Crippen molar-refractivity contribution in [3.8, 4) is 0 Å². The fourth-order valence-electron chi connectivity index (χ4n) is 1.31. The molecule has 0 spiro atoms. The summed E-state index contributed by atoms with van der Waals surface area (Å²) in [5, 5.41) is 2.71. The first-order valence-corrected chi connectivity index (χ1v) is 5.73. The number of hydrogen-bond donors (Lipinski definition) is 4. The molecule has 1 aromatic carbocycles. The number of nitrogens with zero attached hydrogens (tertiary/aromatic N) is 2. The normalized spacial score (nSPS) is 10.9. The zero-order valence-corrected chi connectivity index (χ0v) is 10.8. The van der Waals surface area contributed by atoms with Gasteiger partial charge in [0, 0.05) is 12.1 Å². The maximum Gasteiger partial charge on any atom is 0.251 e. The summed E-state index contributed by atoms with van der Waals surface area (Å²) >= 11 is 0. The molecule has 7 nitrogen and oxygen atoms in total. The van der Waals surface area contributed by atoms with Gasteiger partial charge in [0.2, 0.25) is 5.96 Å². The molecule has 0 aliphatic carbocycles. The van der Waals surface area contributed by atoms with Gasteiger partial charge in [-0.1, -0.05) is 17.7 Å². The van der Waals surface area contributed by atoms with Gasteiger partial charge in [-0.05, 0) is 19.1 Å². The number of carbonyl (C=O) groups is 1. The van der Waals surface area contributed by atoms with Crippen molar-refractivity contribution in [2.45, 2.75) is 6.92 Å². The summed E-state index contributed by atoms with van der Waals surface area (Å²) in [6, 6.07) is 7.29. The predicted octanol–water partition coefficient (Wildman–Crippen LogP) is -0.687. The van der Waals surface area contributed by atoms with Crippen molar-refractivity contribution in [1.82, 2.24) is 5.32 Å². The highest BCUT2D eigenvalue weighted by Gasteiger charge is 2.03. The minimum atomic E-state index is -0.157. The van der Waals surface area contributed by atoms with Crippen LogP contribution in [-0.2, 0) is 0 Å². The van der Waals surface area contributed by atoms with Crippen molar-refractivity contribution in [1.29, 1.82) is 0 Å². The molecule has 0 aliphatic heterocycles. The Hall–Kier alpha value is -2.57. The van der Waals surface area contributed by atoms with Crippen LogP contribution in [0.2, 0.25) is 0 Å². The van der Waals surface area contributed by atoms with Gasteiger partial charge in [0.25, 0.3) is 5.91 Å². The number of nitrogens with one attached hydrogen (secondary N) is 1. The lowest BCUT2D eigenvalue weighted by Crippen LogP contribution is -2.28. The summed E-state index contributed by atoms with van der Waals surface area (Å²) in [4.78, 5) is 19.1. The van der Waals surface area contributed by atoms with Crippen LogP contribution in [0.4, 0.5) is 0 Å². The molecule has 0 atom stereocenters. The standard InChI is InChI=1S/C12H18N6O/c1-8-2-4-9(5-3-8)10(19)16-6-7-17-12(15)18-11(13)14/h2-5H,6-7H2,1H3,(H,16,19)(H6,13,14,15,17,18). The second kappa shape index (κ2) is 7.00. The van der Waals surface area contributed by atoms with E-state index in [2.05, 4.69) is 15.3 Å². The Kier molecular flexibility index (Phi) is 5.34. The molecule has 19 heavy (non-hydrogen) atoms. The summed E-state index contributed by atoms with van der Waals surface area (Å²) in [5.74, 6) is -0.315. The number of rotatable bonds is 4. The second-order valence-corrected chi connectivity index (χ2v) is 3.90. The van der Waals surface area contributed by atoms with Gasteiger partial charge in [-0.25, -0.2) is 4.99 Å². The predicted molar refractivity (Wildman–Crippen MR) is 75.8 cm³/mol. The third-order valence-electron chi connectivity index (χ3n) is 2.23. The van der Waals surface area contributed by atoms with Crippen molar-refractivity contribution in [2.24, 2.45) is 27.2 Å². The molecular formula is C12H18N6O. The van der Waals surface area contributed by atoms with Crippen molar-refractivity contribution in [3.63, 3.8) is 0 Å². The lowest BCUT2D eigenvalue weighted by molar-refractivity contribution is 0.0955. The fourth-order valence-corrected chi connectivity index (χ4v) is 1.31. The van der Waals surface area contributed by atoms with Crippen LogP contribution in [-0.4, -0.2) is 30.9 Å². The van der Waals surface area contributed by atoms with Gasteiger partial charge in [-0.2, -0.15) is 4.99 Å². The van der Waals surface area contributed by atoms with Crippen LogP contribution in [0.5, 0.6) is 0 Å². The number of aryl methyl sites for hydroxylation is 1. The van der Waals surface area contributed by atoms with E-state index < -0.39 is 0 Å². The highest BCUT2D eigenvalue weighted by molar-refractivity contribution is 5.94. The molecule has 0 heterocycles. The van der Waals surface area contributed by atoms with Gasteiger partial charge in [0.15, 0.2) is 5.96 Å². The van der Waals surface area contributed by atoms with Gasteiger partial charge < -0.3 is 22.5 Å². The van der Waals surface area contributed by atoms with Crippen LogP contribution in [0.15, 0.2) is 34.3 Å². The molecule has 7 N–H and O–H groups in total. The van der Waals surface area contributed by atoms with Crippen LogP contribution < -0.4 is 22.5 Å². The molecule has 0 aromatic heterocycles. The Balaban J connectivity index is 2.39. The van der Waals surface area contributed by atoms with Crippen LogP contribution in [0.1, 0.15) is 15.9 Å². The average molecular weight is 262 g/mol. The summed E-state index contributed by atoms with van der Waals surface area (Å²) in [6.07, 6.45) is 0. The number of benzene rings is 1. The van der Waals surface area contributed by atoms with Crippen molar-refractivity contribution < 1.29 is 4.79 Å². The molecule has 1 aromatic rings. The largest absolute Gasteiger partial charge is 0.370 e. The Morgan fingerprint density at radius 1 is 1.21 bits per heavy atom. The molecule has 0 fully saturated rings. The number of aliphatic imine (C=N–C) groups is 2. The first-order chi connectivity index (χ1) is 8.99. The highest BCUT2D eigenvalue weighted by Crippen LogP contribution is 2.02. The SMILES string of the molecule is Cc1ccc(C(=O)NCCN=C(N)N=C(N)N)cc1. The Labute approximate surface area is 111 Å². The quantitative estimate of drug-likeness (QED) is 0.325. The average Bonchev–Trinajstić information content (AvgIpc) is 2.34. The Morgan fingerprint density at radius 3 is 2.42 bits per heavy atom. The molecule has 1 rings (SSSR count). The van der Waals surface area contributed by atoms with Gasteiger partial charge in [0.05, 0.1) is 6.54 Å². The minimum absolute atomic E-state index is 0.00964. The van der Waals surface area contributed by atoms with Crippen molar-refractivity contribution >= 4 is 17.8 Å². The molecule has 7 heteroatoms. The molecule has 0 unspecified atom stereocenters. The third kappa shape index (κ3) is 5.53. The van der Waals surface area contributed by atoms with Crippen LogP contribution in [0, 0.1) is 6.92 Å². The van der Waals surface area contributed by atoms with E-state index >= 15 is 0 Å². The second-order valence-electron chi connectivity index (χ2n) is 3.90. The highest BCUT2D eigenvalue weighted by atomic mass is 16.1. The zero-order valence-electron chi connectivity index (χ0n) is 10.8. The molecule has 0 bridgehead atoms. The van der Waals surface area contributed by atoms with Gasteiger partial charge in [0.1, 0.15) is 0 Å². The fraction of sp³-hybridized carbons (Fsp3) is 0.250. The number of carbonyl (C=O) groups excluding carboxylic acids is 1. The van der Waals surface area contributed by atoms with E-state index in [1.807, 2.05) is 19.1 Å². The first kappa shape index (κ1) is 14.5. The molecule has 102 valence electrons. The summed E-state index contributed by atoms with van der Waals surface area (Å²) in [7, 11) is 0. The van der Waals surface area contributed by atoms with E-state index in [9.17, 15) is 4.79 Å². The lowest BCUT2D eigenvalue weighted by Gasteiger charge is -2.03. The Bertz CT molecular complexity index is 487. The Morgan fingerprint density at radius 2 is 1.84 bits per heavy atom. The molecule has 0 saturated heterocycles. The monoisotopic (exact) mass is 262 g/mol. The van der Waals surface area contributed by atoms with E-state index in [-0.39, 0.29) is 17.8 Å². The van der Waals surface area contributed by atoms with E-state index in [4.69, 9.17) is 17.2 Å². The van der Waals surface area contributed by atoms with Gasteiger partial charge >= 0.3 is 0 Å². The van der Waals surface area contributed by atoms with E-state index in [1.165, 1.54) is 0 Å². The van der Waals surface area contributed by atoms with Gasteiger partial charge in [-0.3, -0.25) is 4.79 Å². The number of nitrogens with two attached hydrogens (primary N) is 3.